The van der Waals surface area contributed by atoms with Gasteiger partial charge in [0, 0.05) is 34.3 Å². The number of amides is 1. The Morgan fingerprint density at radius 1 is 1.47 bits per heavy atom. The van der Waals surface area contributed by atoms with Crippen LogP contribution < -0.4 is 4.90 Å². The summed E-state index contributed by atoms with van der Waals surface area (Å²) in [5.41, 5.74) is 0. The van der Waals surface area contributed by atoms with Crippen molar-refractivity contribution in [2.45, 2.75) is 11.7 Å². The molecule has 0 spiro atoms. The van der Waals surface area contributed by atoms with Crippen molar-refractivity contribution in [2.75, 3.05) is 11.4 Å². The highest BCUT2D eigenvalue weighted by Crippen LogP contribution is 2.25. The molecule has 0 radical (unpaired) electrons. The Morgan fingerprint density at radius 3 is 2.65 bits per heavy atom. The molecule has 1 saturated heterocycles. The third-order valence-electron chi connectivity index (χ3n) is 2.48. The molecule has 2 rings (SSSR count). The van der Waals surface area contributed by atoms with E-state index in [4.69, 9.17) is 10.7 Å². The minimum atomic E-state index is -3.71. The van der Waals surface area contributed by atoms with E-state index in [0.717, 1.165) is 4.47 Å². The van der Waals surface area contributed by atoms with Gasteiger partial charge in [0.1, 0.15) is 11.1 Å². The number of anilines is 1. The summed E-state index contributed by atoms with van der Waals surface area (Å²) in [6, 6.07) is 3.38. The van der Waals surface area contributed by atoms with Crippen LogP contribution >= 0.6 is 26.6 Å². The van der Waals surface area contributed by atoms with E-state index in [9.17, 15) is 13.2 Å². The monoisotopic (exact) mass is 338 g/mol. The van der Waals surface area contributed by atoms with Crippen molar-refractivity contribution < 1.29 is 13.2 Å². The molecule has 1 aromatic heterocycles. The fourth-order valence-electron chi connectivity index (χ4n) is 1.61. The van der Waals surface area contributed by atoms with Crippen LogP contribution in [0.1, 0.15) is 6.42 Å². The molecule has 1 aromatic rings. The smallest absolute Gasteiger partial charge is 0.237 e. The number of pyridine rings is 1. The normalized spacial score (nSPS) is 20.9. The maximum absolute atomic E-state index is 11.7. The third kappa shape index (κ3) is 2.78. The van der Waals surface area contributed by atoms with Gasteiger partial charge in [0.2, 0.25) is 15.0 Å². The van der Waals surface area contributed by atoms with Crippen LogP contribution in [0.5, 0.6) is 0 Å². The molecule has 1 amide bonds. The molecule has 5 nitrogen and oxygen atoms in total. The fraction of sp³-hybridized carbons (Fsp3) is 0.333. The van der Waals surface area contributed by atoms with Gasteiger partial charge in [-0.05, 0) is 28.1 Å². The van der Waals surface area contributed by atoms with Crippen LogP contribution in [0.3, 0.4) is 0 Å². The Morgan fingerprint density at radius 2 is 2.18 bits per heavy atom. The molecule has 8 heteroatoms. The standard InChI is InChI=1S/C9H8BrClN2O3S/c10-6-1-2-8(12-4-6)13-5-7(3-9(13)14)17(11,15)16/h1-2,4,7H,3,5H2. The van der Waals surface area contributed by atoms with E-state index in [1.165, 1.54) is 4.90 Å². The summed E-state index contributed by atoms with van der Waals surface area (Å²) >= 11 is 3.23. The van der Waals surface area contributed by atoms with Gasteiger partial charge in [-0.1, -0.05) is 0 Å². The highest BCUT2D eigenvalue weighted by molar-refractivity contribution is 9.10. The van der Waals surface area contributed by atoms with Crippen LogP contribution in [0.2, 0.25) is 0 Å². The lowest BCUT2D eigenvalue weighted by Gasteiger charge is -2.14. The van der Waals surface area contributed by atoms with Gasteiger partial charge in [0.05, 0.1) is 0 Å². The Hall–Kier alpha value is -0.660. The summed E-state index contributed by atoms with van der Waals surface area (Å²) < 4.78 is 23.1. The minimum Gasteiger partial charge on any atom is -0.295 e. The van der Waals surface area contributed by atoms with Gasteiger partial charge >= 0.3 is 0 Å². The minimum absolute atomic E-state index is 0.0549. The molecule has 92 valence electrons. The second kappa shape index (κ2) is 4.55. The van der Waals surface area contributed by atoms with Crippen molar-refractivity contribution >= 4 is 47.4 Å². The van der Waals surface area contributed by atoms with E-state index in [2.05, 4.69) is 20.9 Å². The van der Waals surface area contributed by atoms with Gasteiger partial charge in [-0.2, -0.15) is 0 Å². The van der Waals surface area contributed by atoms with Crippen molar-refractivity contribution in [3.63, 3.8) is 0 Å². The van der Waals surface area contributed by atoms with E-state index < -0.39 is 14.3 Å². The number of halogens is 2. The summed E-state index contributed by atoms with van der Waals surface area (Å²) in [5.74, 6) is 0.148. The molecule has 0 N–H and O–H groups in total. The van der Waals surface area contributed by atoms with Crippen LogP contribution in [0.15, 0.2) is 22.8 Å². The lowest BCUT2D eigenvalue weighted by atomic mass is 10.4. The number of carbonyl (C=O) groups excluding carboxylic acids is 1. The predicted octanol–water partition coefficient (Wildman–Crippen LogP) is 1.52. The molecular weight excluding hydrogens is 332 g/mol. The van der Waals surface area contributed by atoms with Crippen molar-refractivity contribution in [3.8, 4) is 0 Å². The second-order valence-electron chi connectivity index (χ2n) is 3.64. The SMILES string of the molecule is O=C1CC(S(=O)(=O)Cl)CN1c1ccc(Br)cn1. The van der Waals surface area contributed by atoms with Gasteiger partial charge in [-0.15, -0.1) is 0 Å². The van der Waals surface area contributed by atoms with E-state index >= 15 is 0 Å². The molecule has 1 aliphatic rings. The lowest BCUT2D eigenvalue weighted by Crippen LogP contribution is -2.27. The number of rotatable bonds is 2. The van der Waals surface area contributed by atoms with Crippen molar-refractivity contribution in [2.24, 2.45) is 0 Å². The third-order valence-corrected chi connectivity index (χ3v) is 4.81. The first kappa shape index (κ1) is 12.8. The van der Waals surface area contributed by atoms with E-state index in [1.54, 1.807) is 18.3 Å². The van der Waals surface area contributed by atoms with Crippen LogP contribution in [-0.4, -0.2) is 31.1 Å². The van der Waals surface area contributed by atoms with Crippen LogP contribution in [0.25, 0.3) is 0 Å². The van der Waals surface area contributed by atoms with Gasteiger partial charge in [0.15, 0.2) is 0 Å². The molecule has 1 unspecified atom stereocenters. The first-order valence-corrected chi connectivity index (χ1v) is 7.90. The van der Waals surface area contributed by atoms with Gasteiger partial charge in [0.25, 0.3) is 0 Å². The Kier molecular flexibility index (Phi) is 3.42. The van der Waals surface area contributed by atoms with Gasteiger partial charge in [-0.25, -0.2) is 13.4 Å². The maximum Gasteiger partial charge on any atom is 0.237 e. The molecule has 0 bridgehead atoms. The zero-order chi connectivity index (χ0) is 12.6. The molecule has 0 aliphatic carbocycles. The number of nitrogens with zero attached hydrogens (tertiary/aromatic N) is 2. The summed E-state index contributed by atoms with van der Waals surface area (Å²) in [6.07, 6.45) is 1.45. The van der Waals surface area contributed by atoms with Crippen LogP contribution in [0.4, 0.5) is 5.82 Å². The molecule has 2 heterocycles. The Labute approximate surface area is 111 Å². The first-order valence-electron chi connectivity index (χ1n) is 4.73. The van der Waals surface area contributed by atoms with E-state index in [0.29, 0.717) is 5.82 Å². The highest BCUT2D eigenvalue weighted by atomic mass is 79.9. The van der Waals surface area contributed by atoms with Crippen molar-refractivity contribution in [1.82, 2.24) is 4.98 Å². The fourth-order valence-corrected chi connectivity index (χ4v) is 2.87. The largest absolute Gasteiger partial charge is 0.295 e. The van der Waals surface area contributed by atoms with Gasteiger partial charge < -0.3 is 0 Å². The van der Waals surface area contributed by atoms with Crippen molar-refractivity contribution in [1.29, 1.82) is 0 Å². The summed E-state index contributed by atoms with van der Waals surface area (Å²) in [6.45, 7) is 0.0549. The molecule has 1 fully saturated rings. The number of aromatic nitrogens is 1. The first-order chi connectivity index (χ1) is 7.88. The number of hydrogen-bond donors (Lipinski definition) is 0. The van der Waals surface area contributed by atoms with E-state index in [-0.39, 0.29) is 18.9 Å². The molecule has 1 aliphatic heterocycles. The number of hydrogen-bond acceptors (Lipinski definition) is 4. The van der Waals surface area contributed by atoms with E-state index in [1.807, 2.05) is 0 Å². The predicted molar refractivity (Wildman–Crippen MR) is 67.5 cm³/mol. The summed E-state index contributed by atoms with van der Waals surface area (Å²) in [4.78, 5) is 17.0. The Balaban J connectivity index is 2.24. The van der Waals surface area contributed by atoms with Crippen LogP contribution in [-0.2, 0) is 13.8 Å². The summed E-state index contributed by atoms with van der Waals surface area (Å²) in [5, 5.41) is -0.859. The zero-order valence-electron chi connectivity index (χ0n) is 8.51. The van der Waals surface area contributed by atoms with Crippen molar-refractivity contribution in [3.05, 3.63) is 22.8 Å². The molecule has 0 saturated carbocycles. The van der Waals surface area contributed by atoms with Gasteiger partial charge in [-0.3, -0.25) is 9.69 Å². The molecule has 1 atom stereocenters. The quantitative estimate of drug-likeness (QED) is 0.766. The Bertz CT molecular complexity index is 546. The molecule has 17 heavy (non-hydrogen) atoms. The maximum atomic E-state index is 11.7. The van der Waals surface area contributed by atoms with Crippen LogP contribution in [0, 0.1) is 0 Å². The average Bonchev–Trinajstić information content (AvgIpc) is 2.61. The topological polar surface area (TPSA) is 67.3 Å². The average molecular weight is 340 g/mol. The zero-order valence-corrected chi connectivity index (χ0v) is 11.7. The highest BCUT2D eigenvalue weighted by Gasteiger charge is 2.38. The lowest BCUT2D eigenvalue weighted by molar-refractivity contribution is -0.117. The number of carbonyl (C=O) groups is 1. The summed E-state index contributed by atoms with van der Waals surface area (Å²) in [7, 11) is 1.54. The molecule has 0 aromatic carbocycles. The molecular formula is C9H8BrClN2O3S. The second-order valence-corrected chi connectivity index (χ2v) is 7.46.